The highest BCUT2D eigenvalue weighted by Crippen LogP contribution is 2.36. The van der Waals surface area contributed by atoms with E-state index in [1.807, 2.05) is 48.5 Å². The summed E-state index contributed by atoms with van der Waals surface area (Å²) < 4.78 is 17.5. The lowest BCUT2D eigenvalue weighted by Crippen LogP contribution is -2.41. The number of ether oxygens (including phenoxy) is 1. The Kier molecular flexibility index (Phi) is 5.73. The smallest absolute Gasteiger partial charge is 0.444 e. The highest BCUT2D eigenvalue weighted by atomic mass is 32.2. The molecule has 0 unspecified atom stereocenters. The van der Waals surface area contributed by atoms with Gasteiger partial charge in [-0.3, -0.25) is 0 Å². The van der Waals surface area contributed by atoms with Crippen molar-refractivity contribution in [3.05, 3.63) is 12.4 Å². The number of carbonyl (C=O) groups is 1. The minimum absolute atomic E-state index is 0.257. The van der Waals surface area contributed by atoms with Gasteiger partial charge in [-0.25, -0.2) is 14.8 Å². The van der Waals surface area contributed by atoms with Gasteiger partial charge in [0, 0.05) is 36.2 Å². The molecular weight excluding hydrogens is 377 g/mol. The van der Waals surface area contributed by atoms with Gasteiger partial charge in [0.05, 0.1) is 11.2 Å². The minimum atomic E-state index is -0.477. The predicted octanol–water partition coefficient (Wildman–Crippen LogP) is 2.88. The normalized spacial score (nSPS) is 23.9. The lowest BCUT2D eigenvalue weighted by molar-refractivity contribution is 0.00578. The van der Waals surface area contributed by atoms with E-state index in [0.717, 1.165) is 11.9 Å². The molecule has 0 N–H and O–H groups in total. The van der Waals surface area contributed by atoms with Gasteiger partial charge in [0.2, 0.25) is 0 Å². The van der Waals surface area contributed by atoms with Gasteiger partial charge in [0.1, 0.15) is 5.60 Å². The quantitative estimate of drug-likeness (QED) is 0.564. The molecule has 0 aliphatic carbocycles. The van der Waals surface area contributed by atoms with Crippen LogP contribution in [0.4, 0.5) is 4.79 Å². The van der Waals surface area contributed by atoms with Crippen molar-refractivity contribution in [1.29, 1.82) is 0 Å². The van der Waals surface area contributed by atoms with Gasteiger partial charge >= 0.3 is 13.2 Å². The Morgan fingerprint density at radius 3 is 2.32 bits per heavy atom. The second-order valence-electron chi connectivity index (χ2n) is 9.34. The molecule has 1 amide bonds. The zero-order chi connectivity index (χ0) is 20.7. The van der Waals surface area contributed by atoms with Gasteiger partial charge < -0.3 is 18.9 Å². The Morgan fingerprint density at radius 1 is 1.21 bits per heavy atom. The van der Waals surface area contributed by atoms with Crippen LogP contribution in [0.2, 0.25) is 0 Å². The van der Waals surface area contributed by atoms with Crippen LogP contribution in [0.5, 0.6) is 0 Å². The Labute approximate surface area is 172 Å². The molecule has 2 fully saturated rings. The molecule has 9 heteroatoms. The van der Waals surface area contributed by atoms with Gasteiger partial charge in [-0.15, -0.1) is 0 Å². The predicted molar refractivity (Wildman–Crippen MR) is 110 cm³/mol. The molecule has 2 aliphatic heterocycles. The first kappa shape index (κ1) is 21.4. The SMILES string of the molecule is CC(C)(C)OC(=O)N1CC[C@H](Sc2ncc(B3OC(C)(C)C(C)(C)O3)cn2)C1. The monoisotopic (exact) mass is 407 g/mol. The molecule has 2 aliphatic rings. The number of nitrogens with zero attached hydrogens (tertiary/aromatic N) is 3. The van der Waals surface area contributed by atoms with Crippen LogP contribution in [0.3, 0.4) is 0 Å². The first-order valence-electron chi connectivity index (χ1n) is 9.68. The molecule has 0 spiro atoms. The summed E-state index contributed by atoms with van der Waals surface area (Å²) in [7, 11) is -0.460. The molecule has 2 saturated heterocycles. The molecule has 154 valence electrons. The number of carbonyl (C=O) groups excluding carboxylic acids is 1. The van der Waals surface area contributed by atoms with Crippen molar-refractivity contribution in [3.63, 3.8) is 0 Å². The van der Waals surface area contributed by atoms with E-state index in [-0.39, 0.29) is 22.5 Å². The molecule has 0 bridgehead atoms. The molecule has 28 heavy (non-hydrogen) atoms. The molecule has 1 aromatic heterocycles. The molecule has 3 heterocycles. The van der Waals surface area contributed by atoms with Crippen molar-refractivity contribution < 1.29 is 18.8 Å². The summed E-state index contributed by atoms with van der Waals surface area (Å²) in [6, 6.07) is 0. The Balaban J connectivity index is 1.55. The van der Waals surface area contributed by atoms with E-state index in [4.69, 9.17) is 14.0 Å². The van der Waals surface area contributed by atoms with Crippen molar-refractivity contribution in [2.24, 2.45) is 0 Å². The van der Waals surface area contributed by atoms with Crippen LogP contribution in [0, 0.1) is 0 Å². The van der Waals surface area contributed by atoms with E-state index in [0.29, 0.717) is 18.2 Å². The van der Waals surface area contributed by atoms with Gasteiger partial charge in [-0.1, -0.05) is 11.8 Å². The van der Waals surface area contributed by atoms with Crippen LogP contribution in [0.1, 0.15) is 54.9 Å². The number of hydrogen-bond acceptors (Lipinski definition) is 7. The first-order chi connectivity index (χ1) is 12.9. The number of aromatic nitrogens is 2. The molecule has 7 nitrogen and oxygen atoms in total. The second-order valence-corrected chi connectivity index (χ2v) is 10.6. The van der Waals surface area contributed by atoms with Crippen LogP contribution in [0.15, 0.2) is 17.6 Å². The lowest BCUT2D eigenvalue weighted by atomic mass is 9.81. The molecule has 1 aromatic rings. The van der Waals surface area contributed by atoms with Crippen molar-refractivity contribution >= 4 is 30.4 Å². The average molecular weight is 407 g/mol. The largest absolute Gasteiger partial charge is 0.498 e. The fourth-order valence-electron chi connectivity index (χ4n) is 2.95. The van der Waals surface area contributed by atoms with Gasteiger partial charge in [0.15, 0.2) is 5.16 Å². The van der Waals surface area contributed by atoms with Crippen LogP contribution >= 0.6 is 11.8 Å². The summed E-state index contributed by atoms with van der Waals surface area (Å²) in [6.45, 7) is 15.1. The Hall–Kier alpha value is -1.32. The molecule has 3 rings (SSSR count). The second kappa shape index (κ2) is 7.50. The van der Waals surface area contributed by atoms with E-state index in [9.17, 15) is 4.79 Å². The Morgan fingerprint density at radius 2 is 1.79 bits per heavy atom. The first-order valence-corrected chi connectivity index (χ1v) is 10.6. The van der Waals surface area contributed by atoms with Crippen molar-refractivity contribution in [2.75, 3.05) is 13.1 Å². The van der Waals surface area contributed by atoms with Crippen molar-refractivity contribution in [1.82, 2.24) is 14.9 Å². The summed E-state index contributed by atoms with van der Waals surface area (Å²) in [6.07, 6.45) is 4.16. The maximum atomic E-state index is 12.2. The van der Waals surface area contributed by atoms with Crippen LogP contribution in [-0.4, -0.2) is 63.2 Å². The third-order valence-corrected chi connectivity index (χ3v) is 6.38. The van der Waals surface area contributed by atoms with Gasteiger partial charge in [-0.2, -0.15) is 0 Å². The lowest BCUT2D eigenvalue weighted by Gasteiger charge is -2.32. The molecular formula is C19H30BN3O4S. The van der Waals surface area contributed by atoms with E-state index in [2.05, 4.69) is 9.97 Å². The summed E-state index contributed by atoms with van der Waals surface area (Å²) >= 11 is 1.59. The van der Waals surface area contributed by atoms with E-state index in [1.165, 1.54) is 0 Å². The topological polar surface area (TPSA) is 73.8 Å². The van der Waals surface area contributed by atoms with Crippen molar-refractivity contribution in [3.8, 4) is 0 Å². The minimum Gasteiger partial charge on any atom is -0.444 e. The highest BCUT2D eigenvalue weighted by Gasteiger charge is 2.52. The molecule has 1 atom stereocenters. The van der Waals surface area contributed by atoms with Gasteiger partial charge in [-0.05, 0) is 54.9 Å². The maximum Gasteiger partial charge on any atom is 0.498 e. The number of likely N-dealkylation sites (tertiary alicyclic amines) is 1. The summed E-state index contributed by atoms with van der Waals surface area (Å²) in [4.78, 5) is 22.9. The summed E-state index contributed by atoms with van der Waals surface area (Å²) in [5.41, 5.74) is -0.445. The maximum absolute atomic E-state index is 12.2. The number of hydrogen-bond donors (Lipinski definition) is 0. The number of thioether (sulfide) groups is 1. The fourth-order valence-corrected chi connectivity index (χ4v) is 3.96. The summed E-state index contributed by atoms with van der Waals surface area (Å²) in [5.74, 6) is 0. The van der Waals surface area contributed by atoms with E-state index < -0.39 is 12.7 Å². The standard InChI is InChI=1S/C19H30BN3O4S/c1-17(2,3)25-16(24)23-9-8-14(12-23)28-15-21-10-13(11-22-15)20-26-18(4,5)19(6,7)27-20/h10-11,14H,8-9,12H2,1-7H3/t14-/m0/s1. The van der Waals surface area contributed by atoms with Gasteiger partial charge in [0.25, 0.3) is 0 Å². The third kappa shape index (κ3) is 4.80. The number of rotatable bonds is 3. The molecule has 0 radical (unpaired) electrons. The van der Waals surface area contributed by atoms with Crippen LogP contribution in [-0.2, 0) is 14.0 Å². The zero-order valence-electron chi connectivity index (χ0n) is 17.8. The fraction of sp³-hybridized carbons (Fsp3) is 0.737. The Bertz CT molecular complexity index is 705. The third-order valence-electron chi connectivity index (χ3n) is 5.24. The van der Waals surface area contributed by atoms with Crippen LogP contribution in [0.25, 0.3) is 0 Å². The highest BCUT2D eigenvalue weighted by molar-refractivity contribution is 7.99. The zero-order valence-corrected chi connectivity index (χ0v) is 18.6. The number of amides is 1. The van der Waals surface area contributed by atoms with E-state index in [1.54, 1.807) is 29.1 Å². The van der Waals surface area contributed by atoms with E-state index >= 15 is 0 Å². The summed E-state index contributed by atoms with van der Waals surface area (Å²) in [5, 5.41) is 0.950. The average Bonchev–Trinajstić information content (AvgIpc) is 3.09. The van der Waals surface area contributed by atoms with Crippen LogP contribution < -0.4 is 5.46 Å². The molecule has 0 aromatic carbocycles. The molecule has 0 saturated carbocycles. The van der Waals surface area contributed by atoms with Crippen molar-refractivity contribution in [2.45, 2.75) is 82.1 Å².